The number of likely N-dealkylation sites (tertiary alicyclic amines) is 2. The highest BCUT2D eigenvalue weighted by atomic mass is 16.4. The normalized spacial score (nSPS) is 29.3. The molecule has 0 radical (unpaired) electrons. The first kappa shape index (κ1) is 25.9. The van der Waals surface area contributed by atoms with Crippen LogP contribution in [0.3, 0.4) is 0 Å². The molecule has 2 atom stereocenters. The maximum absolute atomic E-state index is 13.6. The number of hydrogen-bond donors (Lipinski definition) is 2. The van der Waals surface area contributed by atoms with Crippen molar-refractivity contribution < 1.29 is 29.4 Å². The third kappa shape index (κ3) is 4.91. The van der Waals surface area contributed by atoms with E-state index >= 15 is 0 Å². The summed E-state index contributed by atoms with van der Waals surface area (Å²) in [6.07, 6.45) is 3.32. The third-order valence-corrected chi connectivity index (χ3v) is 8.70. The highest BCUT2D eigenvalue weighted by Crippen LogP contribution is 2.49. The van der Waals surface area contributed by atoms with Crippen molar-refractivity contribution in [2.24, 2.45) is 23.7 Å². The fraction of sp³-hybridized carbons (Fsp3) is 0.467. The number of carbonyl (C=O) groups excluding carboxylic acids is 2. The van der Waals surface area contributed by atoms with Crippen molar-refractivity contribution in [2.75, 3.05) is 26.2 Å². The standard InChI is InChI=1S/C30H34N2O6/c33-27(31-15-7-13-21(17-31)19-9-3-1-4-10-19)23-25(29(35)36)24(26(23)30(37)38)28(34)32-16-8-14-22(18-32)20-11-5-2-6-12-20/h1-6,9-12,21-26H,7-8,13-18H2,(H,35,36)(H,37,38). The molecule has 1 aliphatic carbocycles. The average molecular weight is 519 g/mol. The molecular weight excluding hydrogens is 484 g/mol. The summed E-state index contributed by atoms with van der Waals surface area (Å²) in [6.45, 7) is 1.75. The summed E-state index contributed by atoms with van der Waals surface area (Å²) < 4.78 is 0. The Kier molecular flexibility index (Phi) is 7.49. The van der Waals surface area contributed by atoms with E-state index in [4.69, 9.17) is 0 Å². The van der Waals surface area contributed by atoms with E-state index in [1.165, 1.54) is 0 Å². The molecule has 38 heavy (non-hydrogen) atoms. The minimum absolute atomic E-state index is 0.112. The Morgan fingerprint density at radius 2 is 0.947 bits per heavy atom. The summed E-state index contributed by atoms with van der Waals surface area (Å²) in [5.74, 6) is -8.45. The molecule has 1 saturated carbocycles. The number of benzene rings is 2. The van der Waals surface area contributed by atoms with Crippen LogP contribution in [-0.2, 0) is 19.2 Å². The minimum atomic E-state index is -1.34. The Morgan fingerprint density at radius 3 is 1.29 bits per heavy atom. The van der Waals surface area contributed by atoms with Gasteiger partial charge in [0.1, 0.15) is 0 Å². The van der Waals surface area contributed by atoms with E-state index in [2.05, 4.69) is 0 Å². The lowest BCUT2D eigenvalue weighted by molar-refractivity contribution is -0.188. The molecule has 8 heteroatoms. The molecule has 8 nitrogen and oxygen atoms in total. The molecule has 0 aromatic heterocycles. The van der Waals surface area contributed by atoms with Gasteiger partial charge in [-0.1, -0.05) is 60.7 Å². The second-order valence-corrected chi connectivity index (χ2v) is 10.8. The number of carbonyl (C=O) groups is 4. The minimum Gasteiger partial charge on any atom is -0.481 e. The van der Waals surface area contributed by atoms with Crippen molar-refractivity contribution in [3.05, 3.63) is 71.8 Å². The predicted molar refractivity (Wildman–Crippen MR) is 139 cm³/mol. The molecule has 2 heterocycles. The van der Waals surface area contributed by atoms with Gasteiger partial charge in [-0.05, 0) is 36.8 Å². The van der Waals surface area contributed by atoms with E-state index in [0.29, 0.717) is 26.2 Å². The fourth-order valence-corrected chi connectivity index (χ4v) is 6.75. The number of carboxylic acids is 2. The molecule has 5 rings (SSSR count). The number of piperidine rings is 2. The molecular formula is C30H34N2O6. The summed E-state index contributed by atoms with van der Waals surface area (Å²) in [6, 6.07) is 19.7. The first-order valence-corrected chi connectivity index (χ1v) is 13.5. The molecule has 0 bridgehead atoms. The number of hydrogen-bond acceptors (Lipinski definition) is 4. The van der Waals surface area contributed by atoms with Gasteiger partial charge in [-0.25, -0.2) is 0 Å². The van der Waals surface area contributed by atoms with Crippen LogP contribution >= 0.6 is 0 Å². The lowest BCUT2D eigenvalue weighted by Crippen LogP contribution is -2.65. The van der Waals surface area contributed by atoms with E-state index in [9.17, 15) is 29.4 Å². The van der Waals surface area contributed by atoms with Crippen molar-refractivity contribution in [2.45, 2.75) is 37.5 Å². The van der Waals surface area contributed by atoms with E-state index in [-0.39, 0.29) is 11.8 Å². The highest BCUT2D eigenvalue weighted by molar-refractivity contribution is 5.99. The smallest absolute Gasteiger partial charge is 0.308 e. The van der Waals surface area contributed by atoms with Crippen LogP contribution < -0.4 is 0 Å². The number of carboxylic acid groups (broad SMARTS) is 2. The van der Waals surface area contributed by atoms with E-state index in [0.717, 1.165) is 36.8 Å². The van der Waals surface area contributed by atoms with Gasteiger partial charge < -0.3 is 20.0 Å². The maximum atomic E-state index is 13.6. The molecule has 2 saturated heterocycles. The molecule has 2 aliphatic heterocycles. The summed E-state index contributed by atoms with van der Waals surface area (Å²) in [7, 11) is 0. The first-order chi connectivity index (χ1) is 18.4. The quantitative estimate of drug-likeness (QED) is 0.605. The van der Waals surface area contributed by atoms with Gasteiger partial charge in [-0.2, -0.15) is 0 Å². The second-order valence-electron chi connectivity index (χ2n) is 10.8. The van der Waals surface area contributed by atoms with Gasteiger partial charge in [0.25, 0.3) is 0 Å². The van der Waals surface area contributed by atoms with Gasteiger partial charge in [0.2, 0.25) is 11.8 Å². The van der Waals surface area contributed by atoms with Crippen molar-refractivity contribution in [3.8, 4) is 0 Å². The van der Waals surface area contributed by atoms with Gasteiger partial charge in [-0.15, -0.1) is 0 Å². The van der Waals surface area contributed by atoms with Gasteiger partial charge in [0.15, 0.2) is 0 Å². The molecule has 200 valence electrons. The van der Waals surface area contributed by atoms with Crippen molar-refractivity contribution in [1.29, 1.82) is 0 Å². The lowest BCUT2D eigenvalue weighted by atomic mass is 9.55. The largest absolute Gasteiger partial charge is 0.481 e. The van der Waals surface area contributed by atoms with E-state index in [1.807, 2.05) is 60.7 Å². The van der Waals surface area contributed by atoms with Gasteiger partial charge in [-0.3, -0.25) is 19.2 Å². The number of nitrogens with zero attached hydrogens (tertiary/aromatic N) is 2. The average Bonchev–Trinajstić information content (AvgIpc) is 2.93. The fourth-order valence-electron chi connectivity index (χ4n) is 6.75. The topological polar surface area (TPSA) is 115 Å². The molecule has 2 N–H and O–H groups in total. The van der Waals surface area contributed by atoms with E-state index in [1.54, 1.807) is 9.80 Å². The Morgan fingerprint density at radius 1 is 0.579 bits per heavy atom. The Bertz CT molecular complexity index is 1080. The molecule has 2 aromatic rings. The van der Waals surface area contributed by atoms with Gasteiger partial charge >= 0.3 is 11.9 Å². The SMILES string of the molecule is O=C(O)C1C(C(=O)N2CCCC(c3ccccc3)C2)C(C(=O)O)C1C(=O)N1CCCC(c2ccccc2)C1. The Balaban J connectivity index is 1.34. The monoisotopic (exact) mass is 518 g/mol. The Hall–Kier alpha value is -3.68. The van der Waals surface area contributed by atoms with Crippen LogP contribution in [-0.4, -0.2) is 69.9 Å². The van der Waals surface area contributed by atoms with Crippen LogP contribution in [0.25, 0.3) is 0 Å². The lowest BCUT2D eigenvalue weighted by Gasteiger charge is -2.49. The molecule has 3 fully saturated rings. The van der Waals surface area contributed by atoms with Crippen molar-refractivity contribution in [3.63, 3.8) is 0 Å². The molecule has 2 amide bonds. The van der Waals surface area contributed by atoms with Crippen LogP contribution in [0.2, 0.25) is 0 Å². The first-order valence-electron chi connectivity index (χ1n) is 13.5. The van der Waals surface area contributed by atoms with Crippen LogP contribution in [0, 0.1) is 23.7 Å². The molecule has 3 aliphatic rings. The van der Waals surface area contributed by atoms with Gasteiger partial charge in [0.05, 0.1) is 23.7 Å². The summed E-state index contributed by atoms with van der Waals surface area (Å²) >= 11 is 0. The zero-order valence-electron chi connectivity index (χ0n) is 21.3. The molecule has 0 spiro atoms. The van der Waals surface area contributed by atoms with Crippen molar-refractivity contribution >= 4 is 23.8 Å². The maximum Gasteiger partial charge on any atom is 0.308 e. The zero-order valence-corrected chi connectivity index (χ0v) is 21.3. The highest BCUT2D eigenvalue weighted by Gasteiger charge is 2.65. The zero-order chi connectivity index (χ0) is 26.8. The van der Waals surface area contributed by atoms with E-state index < -0.39 is 47.4 Å². The summed E-state index contributed by atoms with van der Waals surface area (Å²) in [5.41, 5.74) is 2.21. The third-order valence-electron chi connectivity index (χ3n) is 8.70. The van der Waals surface area contributed by atoms with Gasteiger partial charge in [0, 0.05) is 38.0 Å². The number of aliphatic carboxylic acids is 2. The van der Waals surface area contributed by atoms with Crippen LogP contribution in [0.5, 0.6) is 0 Å². The molecule has 2 unspecified atom stereocenters. The van der Waals surface area contributed by atoms with Crippen LogP contribution in [0.1, 0.15) is 48.6 Å². The number of amides is 2. The summed E-state index contributed by atoms with van der Waals surface area (Å²) in [4.78, 5) is 55.3. The van der Waals surface area contributed by atoms with Crippen LogP contribution in [0.15, 0.2) is 60.7 Å². The number of rotatable bonds is 6. The Labute approximate surface area is 222 Å². The molecule has 2 aromatic carbocycles. The van der Waals surface area contributed by atoms with Crippen molar-refractivity contribution in [1.82, 2.24) is 9.80 Å². The predicted octanol–water partition coefficient (Wildman–Crippen LogP) is 3.45. The summed E-state index contributed by atoms with van der Waals surface area (Å²) in [5, 5.41) is 20.2. The second kappa shape index (κ2) is 11.0. The van der Waals surface area contributed by atoms with Crippen LogP contribution in [0.4, 0.5) is 0 Å².